The topological polar surface area (TPSA) is 156 Å². The zero-order valence-electron chi connectivity index (χ0n) is 38.7. The van der Waals surface area contributed by atoms with Gasteiger partial charge in [-0.25, -0.2) is 9.59 Å². The molecule has 1 aromatic carbocycles. The second kappa shape index (κ2) is 23.9. The number of benzene rings is 1. The molecule has 2 N–H and O–H groups in total. The van der Waals surface area contributed by atoms with E-state index in [9.17, 15) is 24.0 Å². The molecular weight excluding hydrogens is 755 g/mol. The molecule has 0 bridgehead atoms. The van der Waals surface area contributed by atoms with E-state index in [-0.39, 0.29) is 66.4 Å². The average molecular weight is 832 g/mol. The van der Waals surface area contributed by atoms with Crippen LogP contribution in [0, 0.1) is 23.7 Å². The predicted molar refractivity (Wildman–Crippen MR) is 229 cm³/mol. The van der Waals surface area contributed by atoms with Crippen LogP contribution in [0.5, 0.6) is 0 Å². The first kappa shape index (κ1) is 51.4. The minimum absolute atomic E-state index is 0.0612. The molecule has 59 heavy (non-hydrogen) atoms. The van der Waals surface area contributed by atoms with E-state index in [1.165, 1.54) is 12.0 Å². The molecule has 1 aromatic rings. The molecule has 0 unspecified atom stereocenters. The molecule has 0 saturated carbocycles. The number of hydrogen-bond acceptors (Lipinski definition) is 10. The van der Waals surface area contributed by atoms with Crippen molar-refractivity contribution >= 4 is 29.8 Å². The third-order valence-electron chi connectivity index (χ3n) is 11.7. The van der Waals surface area contributed by atoms with E-state index >= 15 is 0 Å². The Balaban J connectivity index is 2.28. The van der Waals surface area contributed by atoms with Crippen LogP contribution in [0.25, 0.3) is 0 Å². The lowest BCUT2D eigenvalue weighted by Crippen LogP contribution is -2.58. The number of nitrogens with one attached hydrogen (secondary N) is 2. The van der Waals surface area contributed by atoms with Gasteiger partial charge in [0.25, 0.3) is 0 Å². The van der Waals surface area contributed by atoms with E-state index in [0.717, 1.165) is 18.4 Å². The van der Waals surface area contributed by atoms with Gasteiger partial charge in [-0.3, -0.25) is 24.2 Å². The number of amides is 4. The fraction of sp³-hybridized carbons (Fsp3) is 0.756. The summed E-state index contributed by atoms with van der Waals surface area (Å²) in [6, 6.07) is 7.03. The number of carbonyl (C=O) groups is 5. The van der Waals surface area contributed by atoms with Crippen LogP contribution < -0.4 is 10.6 Å². The van der Waals surface area contributed by atoms with E-state index in [1.807, 2.05) is 70.0 Å². The maximum Gasteiger partial charge on any atom is 0.409 e. The Morgan fingerprint density at radius 2 is 1.51 bits per heavy atom. The van der Waals surface area contributed by atoms with Gasteiger partial charge in [0.05, 0.1) is 37.7 Å². The Hall–Kier alpha value is -3.75. The molecule has 1 saturated heterocycles. The monoisotopic (exact) mass is 832 g/mol. The molecular formula is C45H77N5O9. The Bertz CT molecular complexity index is 1490. The number of hydrogen-bond donors (Lipinski definition) is 2. The first-order chi connectivity index (χ1) is 27.6. The van der Waals surface area contributed by atoms with Crippen molar-refractivity contribution in [3.8, 4) is 0 Å². The van der Waals surface area contributed by atoms with Crippen LogP contribution in [-0.2, 0) is 44.5 Å². The van der Waals surface area contributed by atoms with Crippen LogP contribution in [0.1, 0.15) is 100 Å². The van der Waals surface area contributed by atoms with Gasteiger partial charge in [0.2, 0.25) is 17.7 Å². The molecule has 0 radical (unpaired) electrons. The molecule has 336 valence electrons. The van der Waals surface area contributed by atoms with E-state index in [0.29, 0.717) is 19.5 Å². The van der Waals surface area contributed by atoms with Gasteiger partial charge >= 0.3 is 12.1 Å². The van der Waals surface area contributed by atoms with Crippen LogP contribution in [0.4, 0.5) is 4.79 Å². The standard InChI is InChI=1S/C45H77N5O9/c1-16-30(6)39(48(11)27-34(28(2)3)47-42(53)38(29(4)5)49(12)44(55)58-15)36(56-13)26-37(51)50-24-20-23-35(50)40(57-14)31(7)41(52)46-33(43(54)59-45(8,9)10)25-32-21-18-17-19-22-32/h17-19,21-22,28-31,33-36,38-40H,16,20,23-27H2,1-15H3,(H,46,52)(H,47,53)/t30-,31+,33-,34+,35-,36+,38-,39-,40+/m0/s1. The quantitative estimate of drug-likeness (QED) is 0.147. The summed E-state index contributed by atoms with van der Waals surface area (Å²) in [7, 11) is 8.04. The lowest BCUT2D eigenvalue weighted by Gasteiger charge is -2.41. The number of likely N-dealkylation sites (N-methyl/N-ethyl adjacent to an activating group) is 2. The van der Waals surface area contributed by atoms with Gasteiger partial charge < -0.3 is 34.5 Å². The number of nitrogens with zero attached hydrogens (tertiary/aromatic N) is 3. The maximum absolute atomic E-state index is 14.3. The van der Waals surface area contributed by atoms with Crippen molar-refractivity contribution < 1.29 is 42.9 Å². The second-order valence-electron chi connectivity index (χ2n) is 18.0. The van der Waals surface area contributed by atoms with Crippen molar-refractivity contribution in [1.82, 2.24) is 25.3 Å². The predicted octanol–water partition coefficient (Wildman–Crippen LogP) is 5.31. The summed E-state index contributed by atoms with van der Waals surface area (Å²) in [6.45, 7) is 20.3. The molecule has 1 heterocycles. The zero-order valence-corrected chi connectivity index (χ0v) is 38.7. The summed E-state index contributed by atoms with van der Waals surface area (Å²) in [6.07, 6.45) is 0.932. The van der Waals surface area contributed by atoms with Crippen LogP contribution in [0.2, 0.25) is 0 Å². The Kier molecular flexibility index (Phi) is 20.8. The van der Waals surface area contributed by atoms with Gasteiger partial charge in [-0.1, -0.05) is 85.2 Å². The summed E-state index contributed by atoms with van der Waals surface area (Å²) < 4.78 is 22.7. The van der Waals surface area contributed by atoms with Crippen molar-refractivity contribution in [1.29, 1.82) is 0 Å². The van der Waals surface area contributed by atoms with Crippen LogP contribution in [0.3, 0.4) is 0 Å². The SMILES string of the molecule is CC[C@H](C)[C@@H]([C@@H](CC(=O)N1CCC[C@H]1[C@H](OC)[C@@H](C)C(=O)N[C@@H](Cc1ccccc1)C(=O)OC(C)(C)C)OC)N(C)C[C@@H](NC(=O)[C@H](C(C)C)N(C)C(=O)OC)C(C)C. The Morgan fingerprint density at radius 3 is 2.02 bits per heavy atom. The molecule has 2 rings (SSSR count). The number of carbonyl (C=O) groups excluding carboxylic acids is 5. The second-order valence-corrected chi connectivity index (χ2v) is 18.0. The highest BCUT2D eigenvalue weighted by atomic mass is 16.6. The highest BCUT2D eigenvalue weighted by molar-refractivity contribution is 5.87. The van der Waals surface area contributed by atoms with Gasteiger partial charge in [-0.05, 0) is 64.0 Å². The van der Waals surface area contributed by atoms with E-state index < -0.39 is 47.9 Å². The molecule has 1 fully saturated rings. The summed E-state index contributed by atoms with van der Waals surface area (Å²) in [5, 5.41) is 6.15. The van der Waals surface area contributed by atoms with Gasteiger partial charge in [0, 0.05) is 52.9 Å². The minimum Gasteiger partial charge on any atom is -0.458 e. The summed E-state index contributed by atoms with van der Waals surface area (Å²) in [5.41, 5.74) is 0.145. The molecule has 4 amide bonds. The van der Waals surface area contributed by atoms with Gasteiger partial charge in [-0.2, -0.15) is 0 Å². The summed E-state index contributed by atoms with van der Waals surface area (Å²) in [5.74, 6) is -1.88. The number of esters is 1. The number of rotatable bonds is 22. The first-order valence-corrected chi connectivity index (χ1v) is 21.4. The zero-order chi connectivity index (χ0) is 44.8. The molecule has 14 heteroatoms. The van der Waals surface area contributed by atoms with Crippen LogP contribution in [0.15, 0.2) is 30.3 Å². The Labute approximate surface area is 354 Å². The molecule has 1 aliphatic heterocycles. The fourth-order valence-corrected chi connectivity index (χ4v) is 8.27. The fourth-order valence-electron chi connectivity index (χ4n) is 8.27. The largest absolute Gasteiger partial charge is 0.458 e. The lowest BCUT2D eigenvalue weighted by atomic mass is 9.89. The lowest BCUT2D eigenvalue weighted by molar-refractivity contribution is -0.159. The number of methoxy groups -OCH3 is 3. The average Bonchev–Trinajstić information content (AvgIpc) is 3.66. The van der Waals surface area contributed by atoms with Crippen molar-refractivity contribution in [3.63, 3.8) is 0 Å². The van der Waals surface area contributed by atoms with Gasteiger partial charge in [0.1, 0.15) is 17.7 Å². The van der Waals surface area contributed by atoms with Crippen LogP contribution in [-0.4, -0.2) is 141 Å². The Morgan fingerprint density at radius 1 is 0.881 bits per heavy atom. The third-order valence-corrected chi connectivity index (χ3v) is 11.7. The molecule has 0 spiro atoms. The summed E-state index contributed by atoms with van der Waals surface area (Å²) >= 11 is 0. The van der Waals surface area contributed by atoms with Crippen molar-refractivity contribution in [2.75, 3.05) is 48.5 Å². The molecule has 1 aliphatic rings. The van der Waals surface area contributed by atoms with E-state index in [2.05, 4.69) is 29.4 Å². The molecule has 0 aliphatic carbocycles. The van der Waals surface area contributed by atoms with Crippen molar-refractivity contribution in [3.05, 3.63) is 35.9 Å². The highest BCUT2D eigenvalue weighted by Crippen LogP contribution is 2.30. The molecule has 0 aromatic heterocycles. The number of likely N-dealkylation sites (tertiary alicyclic amines) is 1. The van der Waals surface area contributed by atoms with Gasteiger partial charge in [-0.15, -0.1) is 0 Å². The number of ether oxygens (including phenoxy) is 4. The maximum atomic E-state index is 14.3. The molecule has 9 atom stereocenters. The smallest absolute Gasteiger partial charge is 0.409 e. The normalized spacial score (nSPS) is 18.7. The third kappa shape index (κ3) is 15.0. The van der Waals surface area contributed by atoms with Crippen molar-refractivity contribution in [2.45, 2.75) is 149 Å². The highest BCUT2D eigenvalue weighted by Gasteiger charge is 2.43. The van der Waals surface area contributed by atoms with Crippen LogP contribution >= 0.6 is 0 Å². The minimum atomic E-state index is -0.913. The first-order valence-electron chi connectivity index (χ1n) is 21.4. The van der Waals surface area contributed by atoms with Gasteiger partial charge in [0.15, 0.2) is 0 Å². The van der Waals surface area contributed by atoms with E-state index in [1.54, 1.807) is 49.0 Å². The molecule has 14 nitrogen and oxygen atoms in total. The summed E-state index contributed by atoms with van der Waals surface area (Å²) in [4.78, 5) is 73.0. The van der Waals surface area contributed by atoms with E-state index in [4.69, 9.17) is 18.9 Å². The van der Waals surface area contributed by atoms with Crippen molar-refractivity contribution in [2.24, 2.45) is 23.7 Å².